The van der Waals surface area contributed by atoms with Crippen molar-refractivity contribution in [1.82, 2.24) is 9.97 Å². The number of nitrogens with zero attached hydrogens (tertiary/aromatic N) is 2. The van der Waals surface area contributed by atoms with Crippen LogP contribution >= 0.6 is 0 Å². The molecule has 27 heavy (non-hydrogen) atoms. The van der Waals surface area contributed by atoms with Crippen molar-refractivity contribution in [3.63, 3.8) is 0 Å². The highest BCUT2D eigenvalue weighted by atomic mass is 16.1. The summed E-state index contributed by atoms with van der Waals surface area (Å²) in [5.74, 6) is 0.428. The molecular weight excluding hydrogens is 336 g/mol. The molecule has 0 aliphatic carbocycles. The van der Waals surface area contributed by atoms with Gasteiger partial charge in [-0.2, -0.15) is 0 Å². The molecule has 0 bridgehead atoms. The molecule has 5 nitrogen and oxygen atoms in total. The third kappa shape index (κ3) is 5.38. The van der Waals surface area contributed by atoms with Crippen LogP contribution < -0.4 is 10.6 Å². The van der Waals surface area contributed by atoms with E-state index in [-0.39, 0.29) is 5.91 Å². The number of benzene rings is 2. The minimum atomic E-state index is -0.231. The zero-order valence-electron chi connectivity index (χ0n) is 15.5. The summed E-state index contributed by atoms with van der Waals surface area (Å²) in [5.41, 5.74) is 3.58. The van der Waals surface area contributed by atoms with E-state index in [4.69, 9.17) is 0 Å². The van der Waals surface area contributed by atoms with Crippen LogP contribution in [0.25, 0.3) is 0 Å². The van der Waals surface area contributed by atoms with Crippen LogP contribution in [0.15, 0.2) is 67.0 Å². The molecule has 0 fully saturated rings. The Kier molecular flexibility index (Phi) is 6.52. The van der Waals surface area contributed by atoms with Crippen LogP contribution in [0.5, 0.6) is 0 Å². The van der Waals surface area contributed by atoms with Crippen molar-refractivity contribution in [2.24, 2.45) is 0 Å². The third-order valence-corrected chi connectivity index (χ3v) is 4.34. The molecule has 138 valence electrons. The molecule has 1 heterocycles. The Labute approximate surface area is 159 Å². The number of carbonyl (C=O) groups excluding carboxylic acids is 1. The second-order valence-corrected chi connectivity index (χ2v) is 6.27. The lowest BCUT2D eigenvalue weighted by atomic mass is 10.1. The number of hydrogen-bond acceptors (Lipinski definition) is 4. The fourth-order valence-electron chi connectivity index (χ4n) is 2.87. The van der Waals surface area contributed by atoms with E-state index >= 15 is 0 Å². The molecule has 3 rings (SSSR count). The molecule has 1 amide bonds. The zero-order chi connectivity index (χ0) is 18.9. The number of carbonyl (C=O) groups is 1. The van der Waals surface area contributed by atoms with E-state index in [1.807, 2.05) is 30.3 Å². The lowest BCUT2D eigenvalue weighted by molar-refractivity contribution is 0.102. The highest BCUT2D eigenvalue weighted by molar-refractivity contribution is 6.03. The Balaban J connectivity index is 1.55. The van der Waals surface area contributed by atoms with Crippen molar-refractivity contribution in [1.29, 1.82) is 0 Å². The highest BCUT2D eigenvalue weighted by Gasteiger charge is 2.11. The largest absolute Gasteiger partial charge is 0.370 e. The summed E-state index contributed by atoms with van der Waals surface area (Å²) in [4.78, 5) is 20.8. The van der Waals surface area contributed by atoms with E-state index in [0.717, 1.165) is 37.1 Å². The van der Waals surface area contributed by atoms with Gasteiger partial charge in [0, 0.05) is 18.3 Å². The van der Waals surface area contributed by atoms with E-state index in [1.54, 1.807) is 6.07 Å². The van der Waals surface area contributed by atoms with Crippen LogP contribution in [0.4, 0.5) is 11.5 Å². The van der Waals surface area contributed by atoms with Crippen LogP contribution in [0.3, 0.4) is 0 Å². The maximum absolute atomic E-state index is 12.5. The molecule has 3 aromatic rings. The number of hydrogen-bond donors (Lipinski definition) is 2. The first-order valence-corrected chi connectivity index (χ1v) is 9.25. The molecule has 1 aromatic heterocycles. The molecule has 2 N–H and O–H groups in total. The van der Waals surface area contributed by atoms with Crippen molar-refractivity contribution < 1.29 is 4.79 Å². The SMILES string of the molecule is CCc1ccccc1NC(=O)c1cc(NCCCc2ccccc2)ncn1. The Morgan fingerprint density at radius 2 is 1.78 bits per heavy atom. The summed E-state index contributed by atoms with van der Waals surface area (Å²) in [5, 5.41) is 6.20. The molecule has 0 aliphatic heterocycles. The maximum Gasteiger partial charge on any atom is 0.274 e. The Morgan fingerprint density at radius 3 is 2.59 bits per heavy atom. The summed E-state index contributed by atoms with van der Waals surface area (Å²) < 4.78 is 0. The Morgan fingerprint density at radius 1 is 1.00 bits per heavy atom. The van der Waals surface area contributed by atoms with E-state index in [9.17, 15) is 4.79 Å². The number of para-hydroxylation sites is 1. The normalized spacial score (nSPS) is 10.4. The summed E-state index contributed by atoms with van der Waals surface area (Å²) in [7, 11) is 0. The van der Waals surface area contributed by atoms with Gasteiger partial charge >= 0.3 is 0 Å². The van der Waals surface area contributed by atoms with Crippen molar-refractivity contribution in [3.8, 4) is 0 Å². The Hall–Kier alpha value is -3.21. The molecule has 0 spiro atoms. The van der Waals surface area contributed by atoms with E-state index < -0.39 is 0 Å². The van der Waals surface area contributed by atoms with E-state index in [0.29, 0.717) is 11.5 Å². The number of anilines is 2. The first kappa shape index (κ1) is 18.6. The number of nitrogens with one attached hydrogen (secondary N) is 2. The van der Waals surface area contributed by atoms with Gasteiger partial charge in [0.05, 0.1) is 0 Å². The maximum atomic E-state index is 12.5. The van der Waals surface area contributed by atoms with Crippen molar-refractivity contribution >= 4 is 17.4 Å². The second-order valence-electron chi connectivity index (χ2n) is 6.27. The van der Waals surface area contributed by atoms with Crippen LogP contribution in [-0.4, -0.2) is 22.4 Å². The first-order valence-electron chi connectivity index (χ1n) is 9.25. The lowest BCUT2D eigenvalue weighted by Gasteiger charge is -2.10. The van der Waals surface area contributed by atoms with Gasteiger partial charge in [0.25, 0.3) is 5.91 Å². The quantitative estimate of drug-likeness (QED) is 0.587. The van der Waals surface area contributed by atoms with Crippen LogP contribution in [-0.2, 0) is 12.8 Å². The van der Waals surface area contributed by atoms with Gasteiger partial charge in [-0.05, 0) is 36.5 Å². The van der Waals surface area contributed by atoms with E-state index in [2.05, 4.69) is 51.8 Å². The van der Waals surface area contributed by atoms with Gasteiger partial charge in [-0.3, -0.25) is 4.79 Å². The predicted molar refractivity (Wildman–Crippen MR) is 109 cm³/mol. The number of amides is 1. The molecule has 2 aromatic carbocycles. The molecule has 5 heteroatoms. The van der Waals surface area contributed by atoms with Crippen LogP contribution in [0.2, 0.25) is 0 Å². The topological polar surface area (TPSA) is 66.9 Å². The smallest absolute Gasteiger partial charge is 0.274 e. The van der Waals surface area contributed by atoms with Crippen LogP contribution in [0.1, 0.15) is 35.0 Å². The summed E-state index contributed by atoms with van der Waals surface area (Å²) >= 11 is 0. The Bertz CT molecular complexity index is 880. The molecule has 0 saturated heterocycles. The monoisotopic (exact) mass is 360 g/mol. The number of rotatable bonds is 8. The predicted octanol–water partition coefficient (Wildman–Crippen LogP) is 4.34. The summed E-state index contributed by atoms with van der Waals surface area (Å²) in [6, 6.07) is 19.9. The van der Waals surface area contributed by atoms with Gasteiger partial charge < -0.3 is 10.6 Å². The number of aromatic nitrogens is 2. The summed E-state index contributed by atoms with van der Waals surface area (Å²) in [6.45, 7) is 2.85. The molecule has 0 aliphatic rings. The standard InChI is InChI=1S/C22H24N4O/c1-2-18-12-6-7-13-19(18)26-22(27)20-15-21(25-16-24-20)23-14-8-11-17-9-4-3-5-10-17/h3-7,9-10,12-13,15-16H,2,8,11,14H2,1H3,(H,26,27)(H,23,24,25). The van der Waals surface area contributed by atoms with Crippen molar-refractivity contribution in [3.05, 3.63) is 83.8 Å². The first-order chi connectivity index (χ1) is 13.3. The molecule has 0 radical (unpaired) electrons. The average Bonchev–Trinajstić information content (AvgIpc) is 2.72. The molecule has 0 unspecified atom stereocenters. The highest BCUT2D eigenvalue weighted by Crippen LogP contribution is 2.16. The summed E-state index contributed by atoms with van der Waals surface area (Å²) in [6.07, 6.45) is 4.26. The molecular formula is C22H24N4O. The zero-order valence-corrected chi connectivity index (χ0v) is 15.5. The fraction of sp³-hybridized carbons (Fsp3) is 0.227. The van der Waals surface area contributed by atoms with Gasteiger partial charge in [0.1, 0.15) is 17.8 Å². The average molecular weight is 360 g/mol. The third-order valence-electron chi connectivity index (χ3n) is 4.34. The molecule has 0 atom stereocenters. The van der Waals surface area contributed by atoms with Gasteiger partial charge in [-0.25, -0.2) is 9.97 Å². The lowest BCUT2D eigenvalue weighted by Crippen LogP contribution is -2.16. The molecule has 0 saturated carbocycles. The number of aryl methyl sites for hydroxylation is 2. The minimum Gasteiger partial charge on any atom is -0.370 e. The van der Waals surface area contributed by atoms with Gasteiger partial charge in [0.2, 0.25) is 0 Å². The van der Waals surface area contributed by atoms with Crippen molar-refractivity contribution in [2.75, 3.05) is 17.2 Å². The van der Waals surface area contributed by atoms with Crippen LogP contribution in [0, 0.1) is 0 Å². The second kappa shape index (κ2) is 9.48. The minimum absolute atomic E-state index is 0.231. The van der Waals surface area contributed by atoms with Gasteiger partial charge in [-0.1, -0.05) is 55.5 Å². The van der Waals surface area contributed by atoms with E-state index in [1.165, 1.54) is 11.9 Å². The fourth-order valence-corrected chi connectivity index (χ4v) is 2.87. The van der Waals surface area contributed by atoms with Gasteiger partial charge in [0.15, 0.2) is 0 Å². The van der Waals surface area contributed by atoms with Crippen molar-refractivity contribution in [2.45, 2.75) is 26.2 Å². The van der Waals surface area contributed by atoms with Gasteiger partial charge in [-0.15, -0.1) is 0 Å².